The molecule has 1 rings (SSSR count). The Labute approximate surface area is 102 Å². The summed E-state index contributed by atoms with van der Waals surface area (Å²) in [4.78, 5) is 13.6. The second-order valence-corrected chi connectivity index (χ2v) is 3.60. The van der Waals surface area contributed by atoms with E-state index in [1.54, 1.807) is 13.8 Å². The Bertz CT molecular complexity index is 426. The fourth-order valence-electron chi connectivity index (χ4n) is 1.11. The molecule has 100 valence electrons. The highest BCUT2D eigenvalue weighted by Crippen LogP contribution is 2.27. The standard InChI is InChI=1S/C10H12F2N2O4/c1-6(2)18-9-4-3-7(14(15)16)10(13-9)17-5-8(11)12/h3-4,6,8H,5H2,1-2H3. The number of halogens is 2. The van der Waals surface area contributed by atoms with Gasteiger partial charge in [0, 0.05) is 12.1 Å². The highest BCUT2D eigenvalue weighted by atomic mass is 19.3. The van der Waals surface area contributed by atoms with Gasteiger partial charge in [-0.05, 0) is 13.8 Å². The third-order valence-corrected chi connectivity index (χ3v) is 1.71. The zero-order valence-corrected chi connectivity index (χ0v) is 9.80. The van der Waals surface area contributed by atoms with E-state index in [2.05, 4.69) is 9.72 Å². The molecule has 0 amide bonds. The fraction of sp³-hybridized carbons (Fsp3) is 0.500. The first-order valence-corrected chi connectivity index (χ1v) is 5.13. The van der Waals surface area contributed by atoms with Crippen molar-refractivity contribution < 1.29 is 23.2 Å². The maximum atomic E-state index is 12.0. The van der Waals surface area contributed by atoms with E-state index in [-0.39, 0.29) is 12.0 Å². The van der Waals surface area contributed by atoms with Crippen LogP contribution in [0, 0.1) is 10.1 Å². The smallest absolute Gasteiger partial charge is 0.331 e. The Morgan fingerprint density at radius 2 is 2.11 bits per heavy atom. The summed E-state index contributed by atoms with van der Waals surface area (Å²) in [7, 11) is 0. The minimum Gasteiger partial charge on any atom is -0.475 e. The molecule has 0 spiro atoms. The van der Waals surface area contributed by atoms with Gasteiger partial charge in [-0.2, -0.15) is 4.98 Å². The lowest BCUT2D eigenvalue weighted by atomic mass is 10.4. The van der Waals surface area contributed by atoms with Crippen LogP contribution in [0.2, 0.25) is 0 Å². The number of rotatable bonds is 6. The van der Waals surface area contributed by atoms with Crippen LogP contribution in [0.1, 0.15) is 13.8 Å². The van der Waals surface area contributed by atoms with Crippen LogP contribution in [0.25, 0.3) is 0 Å². The van der Waals surface area contributed by atoms with Crippen LogP contribution in [-0.4, -0.2) is 29.0 Å². The van der Waals surface area contributed by atoms with Gasteiger partial charge in [-0.15, -0.1) is 0 Å². The summed E-state index contributed by atoms with van der Waals surface area (Å²) >= 11 is 0. The van der Waals surface area contributed by atoms with Crippen molar-refractivity contribution in [3.8, 4) is 11.8 Å². The van der Waals surface area contributed by atoms with Crippen molar-refractivity contribution in [2.45, 2.75) is 26.4 Å². The second kappa shape index (κ2) is 6.08. The molecule has 0 aliphatic carbocycles. The van der Waals surface area contributed by atoms with E-state index >= 15 is 0 Å². The molecule has 0 aromatic carbocycles. The van der Waals surface area contributed by atoms with Crippen LogP contribution in [0.4, 0.5) is 14.5 Å². The average molecular weight is 262 g/mol. The molecule has 0 fully saturated rings. The molecule has 0 N–H and O–H groups in total. The molecule has 18 heavy (non-hydrogen) atoms. The van der Waals surface area contributed by atoms with E-state index in [1.165, 1.54) is 6.07 Å². The van der Waals surface area contributed by atoms with Crippen molar-refractivity contribution in [1.82, 2.24) is 4.98 Å². The van der Waals surface area contributed by atoms with Crippen LogP contribution in [0.3, 0.4) is 0 Å². The molecule has 0 saturated heterocycles. The molecule has 0 bridgehead atoms. The van der Waals surface area contributed by atoms with Crippen LogP contribution in [-0.2, 0) is 0 Å². The lowest BCUT2D eigenvalue weighted by Gasteiger charge is -2.10. The number of hydrogen-bond acceptors (Lipinski definition) is 5. The molecular weight excluding hydrogens is 250 g/mol. The molecule has 0 aliphatic heterocycles. The van der Waals surface area contributed by atoms with E-state index in [1.807, 2.05) is 0 Å². The largest absolute Gasteiger partial charge is 0.475 e. The Balaban J connectivity index is 2.96. The topological polar surface area (TPSA) is 74.5 Å². The molecular formula is C10H12F2N2O4. The van der Waals surface area contributed by atoms with E-state index in [0.29, 0.717) is 0 Å². The third kappa shape index (κ3) is 4.11. The van der Waals surface area contributed by atoms with Gasteiger partial charge in [-0.3, -0.25) is 10.1 Å². The first-order valence-electron chi connectivity index (χ1n) is 5.13. The number of ether oxygens (including phenoxy) is 2. The summed E-state index contributed by atoms with van der Waals surface area (Å²) in [5.41, 5.74) is -0.480. The molecule has 0 aliphatic rings. The van der Waals surface area contributed by atoms with Gasteiger partial charge in [0.2, 0.25) is 5.88 Å². The number of hydrogen-bond donors (Lipinski definition) is 0. The van der Waals surface area contributed by atoms with E-state index < -0.39 is 29.5 Å². The van der Waals surface area contributed by atoms with Crippen LogP contribution in [0.5, 0.6) is 11.8 Å². The Morgan fingerprint density at radius 3 is 2.61 bits per heavy atom. The van der Waals surface area contributed by atoms with E-state index in [9.17, 15) is 18.9 Å². The van der Waals surface area contributed by atoms with Crippen LogP contribution < -0.4 is 9.47 Å². The first kappa shape index (κ1) is 14.1. The zero-order valence-electron chi connectivity index (χ0n) is 9.80. The molecule has 0 unspecified atom stereocenters. The van der Waals surface area contributed by atoms with Crippen molar-refractivity contribution in [3.63, 3.8) is 0 Å². The summed E-state index contributed by atoms with van der Waals surface area (Å²) in [6, 6.07) is 2.39. The number of nitrogens with zero attached hydrogens (tertiary/aromatic N) is 2. The van der Waals surface area contributed by atoms with Crippen molar-refractivity contribution in [2.75, 3.05) is 6.61 Å². The monoisotopic (exact) mass is 262 g/mol. The lowest BCUT2D eigenvalue weighted by molar-refractivity contribution is -0.386. The van der Waals surface area contributed by atoms with E-state index in [0.717, 1.165) is 6.07 Å². The van der Waals surface area contributed by atoms with E-state index in [4.69, 9.17) is 4.74 Å². The normalized spacial score (nSPS) is 10.8. The second-order valence-electron chi connectivity index (χ2n) is 3.60. The first-order chi connectivity index (χ1) is 8.40. The maximum Gasteiger partial charge on any atom is 0.331 e. The van der Waals surface area contributed by atoms with Gasteiger partial charge in [0.25, 0.3) is 12.3 Å². The molecule has 1 heterocycles. The van der Waals surface area contributed by atoms with Crippen LogP contribution >= 0.6 is 0 Å². The Hall–Kier alpha value is -1.99. The summed E-state index contributed by atoms with van der Waals surface area (Å²) in [6.45, 7) is 2.52. The van der Waals surface area contributed by atoms with Gasteiger partial charge >= 0.3 is 5.69 Å². The molecule has 0 radical (unpaired) electrons. The minimum absolute atomic E-state index is 0.0832. The summed E-state index contributed by atoms with van der Waals surface area (Å²) in [5.74, 6) is -0.390. The minimum atomic E-state index is -2.74. The number of pyridine rings is 1. The Morgan fingerprint density at radius 1 is 1.44 bits per heavy atom. The quantitative estimate of drug-likeness (QED) is 0.581. The molecule has 8 heteroatoms. The SMILES string of the molecule is CC(C)Oc1ccc([N+](=O)[O-])c(OCC(F)F)n1. The van der Waals surface area contributed by atoms with Crippen LogP contribution in [0.15, 0.2) is 12.1 Å². The number of alkyl halides is 2. The summed E-state index contributed by atoms with van der Waals surface area (Å²) < 4.78 is 33.8. The molecule has 1 aromatic heterocycles. The zero-order chi connectivity index (χ0) is 13.7. The molecule has 0 saturated carbocycles. The Kier molecular flexibility index (Phi) is 4.75. The predicted molar refractivity (Wildman–Crippen MR) is 58.2 cm³/mol. The number of nitro groups is 1. The summed E-state index contributed by atoms with van der Waals surface area (Å²) in [5, 5.41) is 10.7. The number of aromatic nitrogens is 1. The fourth-order valence-corrected chi connectivity index (χ4v) is 1.11. The molecule has 0 atom stereocenters. The average Bonchev–Trinajstić information content (AvgIpc) is 2.25. The van der Waals surface area contributed by atoms with Gasteiger partial charge in [-0.25, -0.2) is 8.78 Å². The van der Waals surface area contributed by atoms with Gasteiger partial charge in [0.05, 0.1) is 11.0 Å². The maximum absolute atomic E-state index is 12.0. The molecule has 1 aromatic rings. The highest BCUT2D eigenvalue weighted by molar-refractivity contribution is 5.43. The van der Waals surface area contributed by atoms with Crippen molar-refractivity contribution in [2.24, 2.45) is 0 Å². The van der Waals surface area contributed by atoms with Crippen molar-refractivity contribution in [3.05, 3.63) is 22.2 Å². The highest BCUT2D eigenvalue weighted by Gasteiger charge is 2.20. The summed E-state index contributed by atoms with van der Waals surface area (Å²) in [6.07, 6.45) is -2.93. The van der Waals surface area contributed by atoms with Crippen molar-refractivity contribution in [1.29, 1.82) is 0 Å². The van der Waals surface area contributed by atoms with Gasteiger partial charge < -0.3 is 9.47 Å². The lowest BCUT2D eigenvalue weighted by Crippen LogP contribution is -2.11. The third-order valence-electron chi connectivity index (χ3n) is 1.71. The van der Waals surface area contributed by atoms with Gasteiger partial charge in [0.1, 0.15) is 0 Å². The van der Waals surface area contributed by atoms with Gasteiger partial charge in [0.15, 0.2) is 6.61 Å². The predicted octanol–water partition coefficient (Wildman–Crippen LogP) is 2.42. The van der Waals surface area contributed by atoms with Crippen molar-refractivity contribution >= 4 is 5.69 Å². The van der Waals surface area contributed by atoms with Gasteiger partial charge in [-0.1, -0.05) is 0 Å². The molecule has 6 nitrogen and oxygen atoms in total.